The maximum absolute atomic E-state index is 12.4. The highest BCUT2D eigenvalue weighted by Gasteiger charge is 2.29. The molecule has 1 aliphatic carbocycles. The predicted octanol–water partition coefficient (Wildman–Crippen LogP) is 4.17. The van der Waals surface area contributed by atoms with Crippen molar-refractivity contribution in [2.75, 3.05) is 13.2 Å². The molecule has 1 aliphatic rings. The van der Waals surface area contributed by atoms with E-state index in [1.54, 1.807) is 13.8 Å². The Hall–Kier alpha value is -3.35. The molecule has 3 N–H and O–H groups in total. The highest BCUT2D eigenvalue weighted by atomic mass is 16.5. The van der Waals surface area contributed by atoms with E-state index >= 15 is 0 Å². The molecule has 2 aromatic carbocycles. The molecular weight excluding hydrogens is 420 g/mol. The fourth-order valence-corrected chi connectivity index (χ4v) is 4.15. The first-order chi connectivity index (χ1) is 15.8. The first kappa shape index (κ1) is 24.3. The average molecular weight is 453 g/mol. The van der Waals surface area contributed by atoms with Gasteiger partial charge in [-0.2, -0.15) is 0 Å². The number of alkyl carbamates (subject to hydrolysis) is 1. The van der Waals surface area contributed by atoms with Crippen molar-refractivity contribution in [1.82, 2.24) is 10.6 Å². The second kappa shape index (κ2) is 11.0. The summed E-state index contributed by atoms with van der Waals surface area (Å²) in [5.74, 6) is -1.93. The van der Waals surface area contributed by atoms with Crippen molar-refractivity contribution in [3.8, 4) is 11.1 Å². The number of carboxylic acid groups (broad SMARTS) is 1. The lowest BCUT2D eigenvalue weighted by atomic mass is 9.98. The number of nitrogens with one attached hydrogen (secondary N) is 2. The molecule has 0 saturated carbocycles. The van der Waals surface area contributed by atoms with Gasteiger partial charge in [0.1, 0.15) is 6.61 Å². The Morgan fingerprint density at radius 1 is 1.00 bits per heavy atom. The van der Waals surface area contributed by atoms with Gasteiger partial charge in [-0.25, -0.2) is 4.79 Å². The van der Waals surface area contributed by atoms with Crippen molar-refractivity contribution in [1.29, 1.82) is 0 Å². The molecule has 2 amide bonds. The lowest BCUT2D eigenvalue weighted by molar-refractivity contribution is -0.142. The standard InChI is InChI=1S/C26H32N2O5/c1-4-18(13-24(29)28-17(3)16(2)25(30)31)14-27-26(32)33-15-23-21-11-7-5-9-19(21)20-10-6-8-12-22(20)23/h5-12,16-18,23H,4,13-15H2,1-3H3,(H,27,32)(H,28,29)(H,30,31). The number of benzene rings is 2. The van der Waals surface area contributed by atoms with Crippen LogP contribution in [0.1, 0.15) is 50.7 Å². The summed E-state index contributed by atoms with van der Waals surface area (Å²) >= 11 is 0. The van der Waals surface area contributed by atoms with Crippen molar-refractivity contribution in [3.63, 3.8) is 0 Å². The first-order valence-corrected chi connectivity index (χ1v) is 11.4. The smallest absolute Gasteiger partial charge is 0.407 e. The average Bonchev–Trinajstić information content (AvgIpc) is 3.13. The zero-order valence-electron chi connectivity index (χ0n) is 19.3. The van der Waals surface area contributed by atoms with Crippen LogP contribution in [0.25, 0.3) is 11.1 Å². The molecule has 7 nitrogen and oxygen atoms in total. The summed E-state index contributed by atoms with van der Waals surface area (Å²) in [7, 11) is 0. The SMILES string of the molecule is CCC(CNC(=O)OCC1c2ccccc2-c2ccccc21)CC(=O)NC(C)C(C)C(=O)O. The molecule has 0 saturated heterocycles. The number of amides is 2. The van der Waals surface area contributed by atoms with Crippen molar-refractivity contribution >= 4 is 18.0 Å². The van der Waals surface area contributed by atoms with E-state index in [0.29, 0.717) is 13.0 Å². The zero-order chi connectivity index (χ0) is 24.0. The molecule has 0 spiro atoms. The van der Waals surface area contributed by atoms with E-state index in [9.17, 15) is 14.4 Å². The topological polar surface area (TPSA) is 105 Å². The van der Waals surface area contributed by atoms with E-state index in [2.05, 4.69) is 34.9 Å². The van der Waals surface area contributed by atoms with Crippen molar-refractivity contribution in [2.24, 2.45) is 11.8 Å². The number of carbonyl (C=O) groups is 3. The number of hydrogen-bond donors (Lipinski definition) is 3. The molecule has 0 aromatic heterocycles. The summed E-state index contributed by atoms with van der Waals surface area (Å²) in [6.07, 6.45) is 0.389. The lowest BCUT2D eigenvalue weighted by Gasteiger charge is -2.20. The van der Waals surface area contributed by atoms with Gasteiger partial charge >= 0.3 is 12.1 Å². The third kappa shape index (κ3) is 5.92. The highest BCUT2D eigenvalue weighted by Crippen LogP contribution is 2.44. The molecule has 3 atom stereocenters. The van der Waals surface area contributed by atoms with Gasteiger partial charge in [0.2, 0.25) is 5.91 Å². The molecule has 2 aromatic rings. The number of ether oxygens (including phenoxy) is 1. The maximum Gasteiger partial charge on any atom is 0.407 e. The molecule has 0 heterocycles. The third-order valence-corrected chi connectivity index (χ3v) is 6.46. The van der Waals surface area contributed by atoms with Gasteiger partial charge in [-0.15, -0.1) is 0 Å². The van der Waals surface area contributed by atoms with Crippen LogP contribution >= 0.6 is 0 Å². The Morgan fingerprint density at radius 3 is 2.12 bits per heavy atom. The van der Waals surface area contributed by atoms with Gasteiger partial charge in [0.25, 0.3) is 0 Å². The van der Waals surface area contributed by atoms with Gasteiger partial charge in [0.15, 0.2) is 0 Å². The molecular formula is C26H32N2O5. The van der Waals surface area contributed by atoms with E-state index < -0.39 is 24.0 Å². The van der Waals surface area contributed by atoms with E-state index in [1.807, 2.05) is 31.2 Å². The second-order valence-corrected chi connectivity index (χ2v) is 8.67. The second-order valence-electron chi connectivity index (χ2n) is 8.67. The minimum absolute atomic E-state index is 0.00591. The van der Waals surface area contributed by atoms with Crippen LogP contribution in [0.5, 0.6) is 0 Å². The summed E-state index contributed by atoms with van der Waals surface area (Å²) in [4.78, 5) is 35.7. The van der Waals surface area contributed by atoms with Crippen LogP contribution < -0.4 is 10.6 Å². The largest absolute Gasteiger partial charge is 0.481 e. The van der Waals surface area contributed by atoms with Crippen LogP contribution in [0.2, 0.25) is 0 Å². The minimum atomic E-state index is -0.952. The monoisotopic (exact) mass is 452 g/mol. The van der Waals surface area contributed by atoms with Gasteiger partial charge in [0, 0.05) is 24.9 Å². The summed E-state index contributed by atoms with van der Waals surface area (Å²) in [6, 6.07) is 15.8. The Bertz CT molecular complexity index is 960. The summed E-state index contributed by atoms with van der Waals surface area (Å²) in [5, 5.41) is 14.6. The van der Waals surface area contributed by atoms with Crippen LogP contribution in [0.4, 0.5) is 4.79 Å². The highest BCUT2D eigenvalue weighted by molar-refractivity contribution is 5.79. The van der Waals surface area contributed by atoms with Crippen molar-refractivity contribution < 1.29 is 24.2 Å². The van der Waals surface area contributed by atoms with E-state index in [-0.39, 0.29) is 30.8 Å². The van der Waals surface area contributed by atoms with Crippen LogP contribution in [-0.2, 0) is 14.3 Å². The first-order valence-electron chi connectivity index (χ1n) is 11.4. The maximum atomic E-state index is 12.4. The van der Waals surface area contributed by atoms with Gasteiger partial charge in [0.05, 0.1) is 5.92 Å². The van der Waals surface area contributed by atoms with Crippen molar-refractivity contribution in [2.45, 2.75) is 45.6 Å². The molecule has 3 rings (SSSR count). The Morgan fingerprint density at radius 2 is 1.58 bits per heavy atom. The number of carbonyl (C=O) groups excluding carboxylic acids is 2. The Balaban J connectivity index is 1.49. The number of fused-ring (bicyclic) bond motifs is 3. The number of hydrogen-bond acceptors (Lipinski definition) is 4. The van der Waals surface area contributed by atoms with E-state index in [1.165, 1.54) is 11.1 Å². The number of aliphatic carboxylic acids is 1. The molecule has 0 radical (unpaired) electrons. The Labute approximate surface area is 194 Å². The molecule has 176 valence electrons. The van der Waals surface area contributed by atoms with E-state index in [4.69, 9.17) is 9.84 Å². The van der Waals surface area contributed by atoms with Crippen LogP contribution in [0, 0.1) is 11.8 Å². The summed E-state index contributed by atoms with van der Waals surface area (Å²) in [5.41, 5.74) is 4.65. The third-order valence-electron chi connectivity index (χ3n) is 6.46. The van der Waals surface area contributed by atoms with Gasteiger partial charge in [-0.1, -0.05) is 61.9 Å². The molecule has 0 fully saturated rings. The van der Waals surface area contributed by atoms with Crippen molar-refractivity contribution in [3.05, 3.63) is 59.7 Å². The summed E-state index contributed by atoms with van der Waals surface area (Å²) in [6.45, 7) is 5.72. The molecule has 7 heteroatoms. The number of carboxylic acids is 1. The quantitative estimate of drug-likeness (QED) is 0.502. The van der Waals surface area contributed by atoms with Crippen LogP contribution in [0.15, 0.2) is 48.5 Å². The van der Waals surface area contributed by atoms with Crippen LogP contribution in [0.3, 0.4) is 0 Å². The fraction of sp³-hybridized carbons (Fsp3) is 0.423. The minimum Gasteiger partial charge on any atom is -0.481 e. The molecule has 0 aliphatic heterocycles. The molecule has 33 heavy (non-hydrogen) atoms. The number of rotatable bonds is 10. The Kier molecular flexibility index (Phi) is 8.09. The zero-order valence-corrected chi connectivity index (χ0v) is 19.3. The fourth-order valence-electron chi connectivity index (χ4n) is 4.15. The van der Waals surface area contributed by atoms with Gasteiger partial charge in [-0.3, -0.25) is 9.59 Å². The van der Waals surface area contributed by atoms with Crippen LogP contribution in [-0.4, -0.2) is 42.3 Å². The summed E-state index contributed by atoms with van der Waals surface area (Å²) < 4.78 is 5.55. The molecule has 3 unspecified atom stereocenters. The van der Waals surface area contributed by atoms with E-state index in [0.717, 1.165) is 11.1 Å². The lowest BCUT2D eigenvalue weighted by Crippen LogP contribution is -2.41. The predicted molar refractivity (Wildman–Crippen MR) is 126 cm³/mol. The van der Waals surface area contributed by atoms with Gasteiger partial charge in [-0.05, 0) is 42.0 Å². The van der Waals surface area contributed by atoms with Gasteiger partial charge < -0.3 is 20.5 Å². The normalized spacial score (nSPS) is 15.0. The molecule has 0 bridgehead atoms.